The molecule has 5 nitrogen and oxygen atoms in total. The van der Waals surface area contributed by atoms with Crippen molar-refractivity contribution >= 4 is 22.3 Å². The summed E-state index contributed by atoms with van der Waals surface area (Å²) in [7, 11) is 0. The first kappa shape index (κ1) is 14.6. The van der Waals surface area contributed by atoms with Gasteiger partial charge in [0.25, 0.3) is 0 Å². The van der Waals surface area contributed by atoms with E-state index in [1.807, 2.05) is 43.5 Å². The van der Waals surface area contributed by atoms with E-state index in [9.17, 15) is 9.90 Å². The van der Waals surface area contributed by atoms with E-state index in [-0.39, 0.29) is 11.8 Å². The number of thiazole rings is 1. The Morgan fingerprint density at radius 3 is 2.59 bits per heavy atom. The van der Waals surface area contributed by atoms with Gasteiger partial charge < -0.3 is 9.84 Å². The standard InChI is InChI=1S/C16H16N2O3S/c1-9(2)21-12-6-4-11(5-7-12)13-8-22-16-17-10(3)14(15(19)20)18(13)16/h4-9H,1-3H3,(H,19,20). The third kappa shape index (κ3) is 2.46. The summed E-state index contributed by atoms with van der Waals surface area (Å²) in [6, 6.07) is 7.65. The second kappa shape index (κ2) is 5.46. The number of nitrogens with zero attached hydrogens (tertiary/aromatic N) is 2. The number of carboxylic acid groups (broad SMARTS) is 1. The van der Waals surface area contributed by atoms with Crippen LogP contribution in [0.2, 0.25) is 0 Å². The number of aromatic nitrogens is 2. The summed E-state index contributed by atoms with van der Waals surface area (Å²) in [5.41, 5.74) is 2.51. The largest absolute Gasteiger partial charge is 0.491 e. The van der Waals surface area contributed by atoms with Crippen molar-refractivity contribution in [3.8, 4) is 17.0 Å². The zero-order valence-corrected chi connectivity index (χ0v) is 13.3. The highest BCUT2D eigenvalue weighted by atomic mass is 32.1. The van der Waals surface area contributed by atoms with E-state index < -0.39 is 5.97 Å². The van der Waals surface area contributed by atoms with Crippen molar-refractivity contribution in [2.45, 2.75) is 26.9 Å². The fraction of sp³-hybridized carbons (Fsp3) is 0.250. The fourth-order valence-electron chi connectivity index (χ4n) is 2.39. The Balaban J connectivity index is 2.08. The minimum Gasteiger partial charge on any atom is -0.491 e. The van der Waals surface area contributed by atoms with Crippen LogP contribution in [0, 0.1) is 6.92 Å². The molecule has 6 heteroatoms. The molecule has 1 N–H and O–H groups in total. The Bertz CT molecular complexity index is 831. The van der Waals surface area contributed by atoms with Crippen molar-refractivity contribution in [1.29, 1.82) is 0 Å². The molecule has 0 unspecified atom stereocenters. The van der Waals surface area contributed by atoms with Gasteiger partial charge in [-0.1, -0.05) is 0 Å². The van der Waals surface area contributed by atoms with E-state index >= 15 is 0 Å². The molecule has 0 bridgehead atoms. The van der Waals surface area contributed by atoms with Crippen molar-refractivity contribution in [2.75, 3.05) is 0 Å². The number of hydrogen-bond donors (Lipinski definition) is 1. The van der Waals surface area contributed by atoms with Gasteiger partial charge in [0.1, 0.15) is 5.75 Å². The minimum atomic E-state index is -0.968. The van der Waals surface area contributed by atoms with Crippen molar-refractivity contribution < 1.29 is 14.6 Å². The van der Waals surface area contributed by atoms with Crippen LogP contribution in [0.1, 0.15) is 30.0 Å². The van der Waals surface area contributed by atoms with Crippen molar-refractivity contribution in [3.63, 3.8) is 0 Å². The zero-order valence-electron chi connectivity index (χ0n) is 12.5. The van der Waals surface area contributed by atoms with Crippen LogP contribution in [0.4, 0.5) is 0 Å². The van der Waals surface area contributed by atoms with Gasteiger partial charge >= 0.3 is 5.97 Å². The second-order valence-corrected chi connectivity index (χ2v) is 6.12. The Morgan fingerprint density at radius 2 is 2.00 bits per heavy atom. The maximum absolute atomic E-state index is 11.5. The molecule has 0 aliphatic carbocycles. The van der Waals surface area contributed by atoms with E-state index in [0.29, 0.717) is 10.7 Å². The van der Waals surface area contributed by atoms with Crippen LogP contribution in [0.25, 0.3) is 16.2 Å². The highest BCUT2D eigenvalue weighted by Gasteiger charge is 2.20. The maximum Gasteiger partial charge on any atom is 0.354 e. The lowest BCUT2D eigenvalue weighted by atomic mass is 10.1. The summed E-state index contributed by atoms with van der Waals surface area (Å²) in [6.45, 7) is 5.67. The van der Waals surface area contributed by atoms with Gasteiger partial charge in [-0.05, 0) is 50.6 Å². The molecule has 2 heterocycles. The number of imidazole rings is 1. The first-order chi connectivity index (χ1) is 10.5. The Morgan fingerprint density at radius 1 is 1.32 bits per heavy atom. The molecule has 1 aromatic carbocycles. The van der Waals surface area contributed by atoms with E-state index in [2.05, 4.69) is 4.98 Å². The third-order valence-electron chi connectivity index (χ3n) is 3.26. The highest BCUT2D eigenvalue weighted by Crippen LogP contribution is 2.30. The van der Waals surface area contributed by atoms with Gasteiger partial charge in [-0.25, -0.2) is 9.78 Å². The molecular weight excluding hydrogens is 300 g/mol. The molecule has 0 aliphatic heterocycles. The molecule has 22 heavy (non-hydrogen) atoms. The quantitative estimate of drug-likeness (QED) is 0.794. The number of fused-ring (bicyclic) bond motifs is 1. The Kier molecular flexibility index (Phi) is 3.62. The van der Waals surface area contributed by atoms with E-state index in [4.69, 9.17) is 4.74 Å². The van der Waals surface area contributed by atoms with Crippen LogP contribution in [-0.4, -0.2) is 26.6 Å². The number of carbonyl (C=O) groups is 1. The van der Waals surface area contributed by atoms with Crippen molar-refractivity contribution in [2.24, 2.45) is 0 Å². The number of benzene rings is 1. The molecular formula is C16H16N2O3S. The molecule has 0 spiro atoms. The van der Waals surface area contributed by atoms with Crippen LogP contribution in [0.5, 0.6) is 5.75 Å². The second-order valence-electron chi connectivity index (χ2n) is 5.28. The van der Waals surface area contributed by atoms with E-state index in [1.165, 1.54) is 11.3 Å². The lowest BCUT2D eigenvalue weighted by molar-refractivity contribution is 0.0688. The highest BCUT2D eigenvalue weighted by molar-refractivity contribution is 7.15. The number of aryl methyl sites for hydroxylation is 1. The summed E-state index contributed by atoms with van der Waals surface area (Å²) in [6.07, 6.45) is 0.119. The molecule has 0 saturated carbocycles. The first-order valence-electron chi connectivity index (χ1n) is 6.94. The molecule has 0 saturated heterocycles. The van der Waals surface area contributed by atoms with Gasteiger partial charge in [-0.3, -0.25) is 4.40 Å². The lowest BCUT2D eigenvalue weighted by Crippen LogP contribution is -2.05. The SMILES string of the molecule is Cc1nc2scc(-c3ccc(OC(C)C)cc3)n2c1C(=O)O. The molecule has 2 aromatic heterocycles. The van der Waals surface area contributed by atoms with Gasteiger partial charge in [0.15, 0.2) is 10.7 Å². The zero-order chi connectivity index (χ0) is 15.9. The average Bonchev–Trinajstić information content (AvgIpc) is 2.96. The molecule has 0 radical (unpaired) electrons. The van der Waals surface area contributed by atoms with Crippen LogP contribution in [0.15, 0.2) is 29.6 Å². The average molecular weight is 316 g/mol. The molecule has 3 rings (SSSR count). The minimum absolute atomic E-state index is 0.119. The number of hydrogen-bond acceptors (Lipinski definition) is 4. The van der Waals surface area contributed by atoms with Crippen LogP contribution in [-0.2, 0) is 0 Å². The molecule has 3 aromatic rings. The van der Waals surface area contributed by atoms with Crippen molar-refractivity contribution in [3.05, 3.63) is 41.0 Å². The van der Waals surface area contributed by atoms with Gasteiger partial charge in [0.05, 0.1) is 17.5 Å². The van der Waals surface area contributed by atoms with Crippen LogP contribution >= 0.6 is 11.3 Å². The summed E-state index contributed by atoms with van der Waals surface area (Å²) < 4.78 is 7.32. The first-order valence-corrected chi connectivity index (χ1v) is 7.82. The van der Waals surface area contributed by atoms with Gasteiger partial charge in [-0.2, -0.15) is 0 Å². The summed E-state index contributed by atoms with van der Waals surface area (Å²) in [5.74, 6) is -0.171. The Hall–Kier alpha value is -2.34. The lowest BCUT2D eigenvalue weighted by Gasteiger charge is -2.10. The monoisotopic (exact) mass is 316 g/mol. The normalized spacial score (nSPS) is 11.3. The smallest absolute Gasteiger partial charge is 0.354 e. The fourth-order valence-corrected chi connectivity index (χ4v) is 3.33. The van der Waals surface area contributed by atoms with Gasteiger partial charge in [0, 0.05) is 5.38 Å². The molecule has 0 fully saturated rings. The summed E-state index contributed by atoms with van der Waals surface area (Å²) in [5, 5.41) is 11.3. The topological polar surface area (TPSA) is 63.8 Å². The number of carboxylic acids is 1. The van der Waals surface area contributed by atoms with E-state index in [0.717, 1.165) is 17.0 Å². The molecule has 0 atom stereocenters. The molecule has 0 aliphatic rings. The predicted octanol–water partition coefficient (Wildman–Crippen LogP) is 3.86. The third-order valence-corrected chi connectivity index (χ3v) is 4.09. The van der Waals surface area contributed by atoms with Crippen molar-refractivity contribution in [1.82, 2.24) is 9.38 Å². The predicted molar refractivity (Wildman–Crippen MR) is 86.0 cm³/mol. The van der Waals surface area contributed by atoms with Gasteiger partial charge in [0.2, 0.25) is 0 Å². The van der Waals surface area contributed by atoms with E-state index in [1.54, 1.807) is 11.3 Å². The summed E-state index contributed by atoms with van der Waals surface area (Å²) >= 11 is 1.43. The maximum atomic E-state index is 11.5. The molecule has 114 valence electrons. The Labute approximate surface area is 131 Å². The van der Waals surface area contributed by atoms with Gasteiger partial charge in [-0.15, -0.1) is 11.3 Å². The number of aromatic carboxylic acids is 1. The number of ether oxygens (including phenoxy) is 1. The summed E-state index contributed by atoms with van der Waals surface area (Å²) in [4.78, 5) is 16.5. The number of rotatable bonds is 4. The van der Waals surface area contributed by atoms with Crippen LogP contribution in [0.3, 0.4) is 0 Å². The molecule has 0 amide bonds. The van der Waals surface area contributed by atoms with Crippen LogP contribution < -0.4 is 4.74 Å².